The monoisotopic (exact) mass is 291 g/mol. The van der Waals surface area contributed by atoms with Gasteiger partial charge in [-0.15, -0.1) is 0 Å². The second-order valence-electron chi connectivity index (χ2n) is 4.29. The van der Waals surface area contributed by atoms with Crippen molar-refractivity contribution in [2.75, 3.05) is 13.7 Å². The highest BCUT2D eigenvalue weighted by Gasteiger charge is 2.06. The third kappa shape index (κ3) is 3.89. The fraction of sp³-hybridized carbons (Fsp3) is 0.250. The van der Waals surface area contributed by atoms with Gasteiger partial charge in [0.05, 0.1) is 6.61 Å². The second kappa shape index (κ2) is 7.17. The van der Waals surface area contributed by atoms with E-state index in [9.17, 15) is 0 Å². The summed E-state index contributed by atoms with van der Waals surface area (Å²) in [5.74, 6) is 2.35. The summed E-state index contributed by atoms with van der Waals surface area (Å²) in [5, 5.41) is 3.77. The largest absolute Gasteiger partial charge is 0.494 e. The molecule has 0 aromatic heterocycles. The first kappa shape index (κ1) is 14.7. The molecule has 0 atom stereocenters. The molecule has 1 N–H and O–H groups in total. The zero-order valence-corrected chi connectivity index (χ0v) is 12.4. The molecule has 2 aromatic carbocycles. The van der Waals surface area contributed by atoms with Crippen LogP contribution in [0.25, 0.3) is 0 Å². The van der Waals surface area contributed by atoms with Gasteiger partial charge in [0.1, 0.15) is 17.2 Å². The van der Waals surface area contributed by atoms with Crippen LogP contribution in [0.4, 0.5) is 0 Å². The van der Waals surface area contributed by atoms with Crippen molar-refractivity contribution in [1.29, 1.82) is 0 Å². The number of hydrogen-bond donors (Lipinski definition) is 1. The number of rotatable bonds is 6. The van der Waals surface area contributed by atoms with E-state index < -0.39 is 0 Å². The zero-order chi connectivity index (χ0) is 14.4. The summed E-state index contributed by atoms with van der Waals surface area (Å²) in [6.07, 6.45) is 0. The van der Waals surface area contributed by atoms with Crippen molar-refractivity contribution in [1.82, 2.24) is 5.32 Å². The van der Waals surface area contributed by atoms with E-state index in [0.717, 1.165) is 29.4 Å². The minimum absolute atomic E-state index is 0.654. The highest BCUT2D eigenvalue weighted by atomic mass is 35.5. The van der Waals surface area contributed by atoms with Gasteiger partial charge in [0.2, 0.25) is 0 Å². The lowest BCUT2D eigenvalue weighted by atomic mass is 10.2. The fourth-order valence-electron chi connectivity index (χ4n) is 1.86. The Bertz CT molecular complexity index is 555. The maximum absolute atomic E-state index is 6.03. The molecule has 3 nitrogen and oxygen atoms in total. The summed E-state index contributed by atoms with van der Waals surface area (Å²) in [7, 11) is 1.90. The molecule has 0 aliphatic heterocycles. The van der Waals surface area contributed by atoms with Crippen molar-refractivity contribution in [3.8, 4) is 17.2 Å². The Kier molecular flexibility index (Phi) is 5.27. The van der Waals surface area contributed by atoms with Crippen molar-refractivity contribution in [2.45, 2.75) is 13.5 Å². The summed E-state index contributed by atoms with van der Waals surface area (Å²) >= 11 is 6.03. The van der Waals surface area contributed by atoms with Crippen molar-refractivity contribution in [2.24, 2.45) is 0 Å². The molecule has 106 valence electrons. The van der Waals surface area contributed by atoms with E-state index in [4.69, 9.17) is 21.1 Å². The Morgan fingerprint density at radius 3 is 2.40 bits per heavy atom. The van der Waals surface area contributed by atoms with Crippen LogP contribution < -0.4 is 14.8 Å². The number of nitrogens with one attached hydrogen (secondary N) is 1. The van der Waals surface area contributed by atoms with E-state index in [0.29, 0.717) is 11.6 Å². The normalized spacial score (nSPS) is 10.3. The van der Waals surface area contributed by atoms with Gasteiger partial charge in [-0.3, -0.25) is 0 Å². The lowest BCUT2D eigenvalue weighted by Crippen LogP contribution is -2.06. The van der Waals surface area contributed by atoms with E-state index in [1.165, 1.54) is 0 Å². The molecule has 0 saturated carbocycles. The zero-order valence-electron chi connectivity index (χ0n) is 11.7. The molecule has 2 aromatic rings. The SMILES string of the molecule is CCOc1ccc(Oc2cc(Cl)ccc2CNC)cc1. The van der Waals surface area contributed by atoms with E-state index in [2.05, 4.69) is 5.32 Å². The van der Waals surface area contributed by atoms with Crippen LogP contribution >= 0.6 is 11.6 Å². The van der Waals surface area contributed by atoms with Crippen LogP contribution in [0.1, 0.15) is 12.5 Å². The first-order valence-electron chi connectivity index (χ1n) is 6.56. The molecule has 0 radical (unpaired) electrons. The van der Waals surface area contributed by atoms with Gasteiger partial charge < -0.3 is 14.8 Å². The number of ether oxygens (including phenoxy) is 2. The molecule has 0 spiro atoms. The van der Waals surface area contributed by atoms with E-state index >= 15 is 0 Å². The topological polar surface area (TPSA) is 30.5 Å². The highest BCUT2D eigenvalue weighted by molar-refractivity contribution is 6.30. The quantitative estimate of drug-likeness (QED) is 0.863. The lowest BCUT2D eigenvalue weighted by Gasteiger charge is -2.12. The molecule has 2 rings (SSSR count). The van der Waals surface area contributed by atoms with Crippen molar-refractivity contribution in [3.05, 3.63) is 53.1 Å². The molecule has 20 heavy (non-hydrogen) atoms. The van der Waals surface area contributed by atoms with Crippen LogP contribution in [-0.4, -0.2) is 13.7 Å². The molecule has 4 heteroatoms. The summed E-state index contributed by atoms with van der Waals surface area (Å²) < 4.78 is 11.3. The number of benzene rings is 2. The summed E-state index contributed by atoms with van der Waals surface area (Å²) in [5.41, 5.74) is 1.06. The third-order valence-electron chi connectivity index (χ3n) is 2.76. The standard InChI is InChI=1S/C16H18ClNO2/c1-3-19-14-6-8-15(9-7-14)20-16-10-13(17)5-4-12(16)11-18-2/h4-10,18H,3,11H2,1-2H3. The molecule has 0 saturated heterocycles. The summed E-state index contributed by atoms with van der Waals surface area (Å²) in [6.45, 7) is 3.34. The molecule has 0 aliphatic rings. The van der Waals surface area contributed by atoms with E-state index in [1.807, 2.05) is 56.4 Å². The Morgan fingerprint density at radius 2 is 1.75 bits per heavy atom. The summed E-state index contributed by atoms with van der Waals surface area (Å²) in [4.78, 5) is 0. The van der Waals surface area contributed by atoms with Gasteiger partial charge in [0.15, 0.2) is 0 Å². The molecule has 0 unspecified atom stereocenters. The first-order valence-corrected chi connectivity index (χ1v) is 6.94. The maximum atomic E-state index is 6.03. The average molecular weight is 292 g/mol. The van der Waals surface area contributed by atoms with Gasteiger partial charge in [-0.2, -0.15) is 0 Å². The van der Waals surface area contributed by atoms with Crippen LogP contribution in [0.2, 0.25) is 5.02 Å². The lowest BCUT2D eigenvalue weighted by molar-refractivity contribution is 0.339. The smallest absolute Gasteiger partial charge is 0.133 e. The van der Waals surface area contributed by atoms with E-state index in [-0.39, 0.29) is 0 Å². The van der Waals surface area contributed by atoms with Crippen LogP contribution in [0.5, 0.6) is 17.2 Å². The minimum Gasteiger partial charge on any atom is -0.494 e. The molecule has 0 aliphatic carbocycles. The second-order valence-corrected chi connectivity index (χ2v) is 4.73. The molecule has 0 bridgehead atoms. The predicted octanol–water partition coefficient (Wildman–Crippen LogP) is 4.25. The molecule has 0 fully saturated rings. The van der Waals surface area contributed by atoms with Crippen molar-refractivity contribution in [3.63, 3.8) is 0 Å². The van der Waals surface area contributed by atoms with Gasteiger partial charge in [0, 0.05) is 17.1 Å². The molecular formula is C16H18ClNO2. The van der Waals surface area contributed by atoms with E-state index in [1.54, 1.807) is 0 Å². The Morgan fingerprint density at radius 1 is 1.05 bits per heavy atom. The predicted molar refractivity (Wildman–Crippen MR) is 81.9 cm³/mol. The maximum Gasteiger partial charge on any atom is 0.133 e. The van der Waals surface area contributed by atoms with Crippen LogP contribution in [0.3, 0.4) is 0 Å². The van der Waals surface area contributed by atoms with Crippen LogP contribution in [-0.2, 0) is 6.54 Å². The Balaban J connectivity index is 2.18. The van der Waals surface area contributed by atoms with Gasteiger partial charge in [-0.1, -0.05) is 17.7 Å². The van der Waals surface area contributed by atoms with Gasteiger partial charge in [-0.25, -0.2) is 0 Å². The Labute approximate surface area is 124 Å². The van der Waals surface area contributed by atoms with Crippen molar-refractivity contribution < 1.29 is 9.47 Å². The van der Waals surface area contributed by atoms with Crippen LogP contribution in [0.15, 0.2) is 42.5 Å². The van der Waals surface area contributed by atoms with Gasteiger partial charge in [0.25, 0.3) is 0 Å². The Hall–Kier alpha value is -1.71. The van der Waals surface area contributed by atoms with Gasteiger partial charge in [-0.05, 0) is 50.4 Å². The first-order chi connectivity index (χ1) is 9.72. The highest BCUT2D eigenvalue weighted by Crippen LogP contribution is 2.29. The van der Waals surface area contributed by atoms with Crippen LogP contribution in [0, 0.1) is 0 Å². The molecule has 0 heterocycles. The molecule has 0 amide bonds. The fourth-order valence-corrected chi connectivity index (χ4v) is 2.02. The summed E-state index contributed by atoms with van der Waals surface area (Å²) in [6, 6.07) is 13.2. The number of halogens is 1. The molecular weight excluding hydrogens is 274 g/mol. The minimum atomic E-state index is 0.654. The average Bonchev–Trinajstić information content (AvgIpc) is 2.44. The third-order valence-corrected chi connectivity index (χ3v) is 2.99. The van der Waals surface area contributed by atoms with Gasteiger partial charge >= 0.3 is 0 Å². The number of hydrogen-bond acceptors (Lipinski definition) is 3. The van der Waals surface area contributed by atoms with Crippen molar-refractivity contribution >= 4 is 11.6 Å².